The summed E-state index contributed by atoms with van der Waals surface area (Å²) >= 11 is 0. The summed E-state index contributed by atoms with van der Waals surface area (Å²) in [6.45, 7) is 0. The van der Waals surface area contributed by atoms with E-state index in [4.69, 9.17) is 7.54 Å². The molecule has 1 fully saturated rings. The van der Waals surface area contributed by atoms with Crippen LogP contribution < -0.4 is 5.30 Å². The van der Waals surface area contributed by atoms with Crippen molar-refractivity contribution < 1.29 is 11.2 Å². The standard InChI is InChI=1S/C16H17O2P/c17-16-11-15(13-7-3-1-4-8-13)19(12-18-16)14-9-5-2-6-10-14/h1-10,15-17H,11-12H2/t15-,16-,19+/m0/s1/i11D,17D/t11-,15+,16+,19-/m1. The first-order valence-corrected chi connectivity index (χ1v) is 7.93. The lowest BCUT2D eigenvalue weighted by Crippen LogP contribution is -2.26. The number of aliphatic hydroxyl groups excluding tert-OH is 1. The molecule has 2 aromatic rings. The first kappa shape index (κ1) is 10.6. The number of aliphatic hydroxyl groups is 1. The van der Waals surface area contributed by atoms with Crippen molar-refractivity contribution in [2.75, 3.05) is 6.35 Å². The number of benzene rings is 2. The van der Waals surface area contributed by atoms with Crippen LogP contribution in [0.4, 0.5) is 0 Å². The summed E-state index contributed by atoms with van der Waals surface area (Å²) in [4.78, 5) is 0. The van der Waals surface area contributed by atoms with Crippen molar-refractivity contribution in [2.24, 2.45) is 0 Å². The highest BCUT2D eigenvalue weighted by Gasteiger charge is 2.31. The molecule has 0 saturated carbocycles. The summed E-state index contributed by atoms with van der Waals surface area (Å²) in [5, 5.41) is 5.81. The molecule has 2 aromatic carbocycles. The molecule has 3 heteroatoms. The summed E-state index contributed by atoms with van der Waals surface area (Å²) in [7, 11) is -0.651. The van der Waals surface area contributed by atoms with Gasteiger partial charge in [-0.25, -0.2) is 0 Å². The molecule has 4 atom stereocenters. The van der Waals surface area contributed by atoms with Crippen LogP contribution in [0.2, 0.25) is 0 Å². The molecule has 0 spiro atoms. The molecular weight excluding hydrogens is 255 g/mol. The Bertz CT molecular complexity index is 567. The van der Waals surface area contributed by atoms with Crippen molar-refractivity contribution in [1.29, 1.82) is 1.43 Å². The van der Waals surface area contributed by atoms with Crippen LogP contribution in [0.15, 0.2) is 60.7 Å². The quantitative estimate of drug-likeness (QED) is 0.871. The lowest BCUT2D eigenvalue weighted by molar-refractivity contribution is -0.0928. The summed E-state index contributed by atoms with van der Waals surface area (Å²) in [5.41, 5.74) is 1.14. The van der Waals surface area contributed by atoms with E-state index in [0.29, 0.717) is 6.35 Å². The number of rotatable bonds is 3. The van der Waals surface area contributed by atoms with Crippen LogP contribution in [0.5, 0.6) is 0 Å². The van der Waals surface area contributed by atoms with Crippen molar-refractivity contribution in [2.45, 2.75) is 18.3 Å². The topological polar surface area (TPSA) is 29.5 Å². The second-order valence-electron chi connectivity index (χ2n) is 4.52. The molecule has 98 valence electrons. The molecule has 0 aliphatic carbocycles. The molecule has 0 amide bonds. The highest BCUT2D eigenvalue weighted by Crippen LogP contribution is 2.55. The van der Waals surface area contributed by atoms with Gasteiger partial charge in [-0.3, -0.25) is 0 Å². The zero-order valence-corrected chi connectivity index (χ0v) is 11.4. The van der Waals surface area contributed by atoms with Crippen molar-refractivity contribution in [3.05, 3.63) is 66.2 Å². The fourth-order valence-corrected chi connectivity index (χ4v) is 4.71. The van der Waals surface area contributed by atoms with Crippen LogP contribution in [0, 0.1) is 0 Å². The third kappa shape index (κ3) is 2.87. The predicted molar refractivity (Wildman–Crippen MR) is 78.8 cm³/mol. The van der Waals surface area contributed by atoms with Gasteiger partial charge in [0.05, 0.1) is 6.35 Å². The maximum atomic E-state index is 8.45. The Kier molecular flexibility index (Phi) is 3.24. The van der Waals surface area contributed by atoms with Crippen LogP contribution in [0.1, 0.15) is 19.0 Å². The third-order valence-corrected chi connectivity index (χ3v) is 5.81. The molecule has 2 nitrogen and oxygen atoms in total. The van der Waals surface area contributed by atoms with Gasteiger partial charge in [0.2, 0.25) is 1.43 Å². The van der Waals surface area contributed by atoms with E-state index in [-0.39, 0.29) is 5.66 Å². The zero-order chi connectivity index (χ0) is 14.7. The van der Waals surface area contributed by atoms with E-state index < -0.39 is 20.6 Å². The van der Waals surface area contributed by atoms with Gasteiger partial charge >= 0.3 is 0 Å². The Morgan fingerprint density at radius 1 is 1.11 bits per heavy atom. The Morgan fingerprint density at radius 3 is 2.47 bits per heavy atom. The Balaban J connectivity index is 1.98. The monoisotopic (exact) mass is 274 g/mol. The summed E-state index contributed by atoms with van der Waals surface area (Å²) in [5.74, 6) is 0. The molecule has 0 aromatic heterocycles. The second-order valence-corrected chi connectivity index (χ2v) is 6.79. The van der Waals surface area contributed by atoms with Gasteiger partial charge in [-0.1, -0.05) is 60.7 Å². The van der Waals surface area contributed by atoms with Crippen LogP contribution in [-0.2, 0) is 4.74 Å². The summed E-state index contributed by atoms with van der Waals surface area (Å²) in [6, 6.07) is 20.3. The van der Waals surface area contributed by atoms with E-state index in [2.05, 4.69) is 29.4 Å². The minimum atomic E-state index is -0.780. The Labute approximate surface area is 117 Å². The fraction of sp³-hybridized carbons (Fsp3) is 0.250. The average molecular weight is 274 g/mol. The van der Waals surface area contributed by atoms with Crippen LogP contribution >= 0.6 is 7.92 Å². The minimum Gasteiger partial charge on any atom is -0.368 e. The summed E-state index contributed by atoms with van der Waals surface area (Å²) < 4.78 is 21.2. The highest BCUT2D eigenvalue weighted by atomic mass is 31.1. The molecule has 19 heavy (non-hydrogen) atoms. The molecule has 0 unspecified atom stereocenters. The van der Waals surface area contributed by atoms with Crippen molar-refractivity contribution in [1.82, 2.24) is 0 Å². The Hall–Kier alpha value is -1.21. The third-order valence-electron chi connectivity index (χ3n) is 3.28. The molecule has 1 aliphatic rings. The Morgan fingerprint density at radius 2 is 1.79 bits per heavy atom. The van der Waals surface area contributed by atoms with E-state index >= 15 is 0 Å². The van der Waals surface area contributed by atoms with Crippen LogP contribution in [0.3, 0.4) is 0 Å². The SMILES string of the molecule is [2H]O[C@H]1OC[P@](c2ccccc2)[C@H](c2ccccc2)[C@H]1[2H]. The van der Waals surface area contributed by atoms with Crippen molar-refractivity contribution in [3.8, 4) is 0 Å². The van der Waals surface area contributed by atoms with Gasteiger partial charge in [0.25, 0.3) is 0 Å². The van der Waals surface area contributed by atoms with E-state index in [0.717, 1.165) is 5.56 Å². The zero-order valence-electron chi connectivity index (χ0n) is 12.5. The normalized spacial score (nSPS) is 32.4. The van der Waals surface area contributed by atoms with Gasteiger partial charge in [0.15, 0.2) is 6.29 Å². The van der Waals surface area contributed by atoms with Gasteiger partial charge in [-0.2, -0.15) is 0 Å². The molecule has 1 aliphatic heterocycles. The van der Waals surface area contributed by atoms with Gasteiger partial charge in [0, 0.05) is 13.4 Å². The van der Waals surface area contributed by atoms with E-state index in [1.807, 2.05) is 36.4 Å². The van der Waals surface area contributed by atoms with E-state index in [1.165, 1.54) is 5.30 Å². The minimum absolute atomic E-state index is 0.0210. The second kappa shape index (κ2) is 5.83. The van der Waals surface area contributed by atoms with E-state index in [9.17, 15) is 0 Å². The van der Waals surface area contributed by atoms with Crippen molar-refractivity contribution >= 4 is 13.2 Å². The molecule has 3 rings (SSSR count). The highest BCUT2D eigenvalue weighted by molar-refractivity contribution is 7.65. The lowest BCUT2D eigenvalue weighted by Gasteiger charge is -2.35. The number of hydrogen-bond acceptors (Lipinski definition) is 2. The van der Waals surface area contributed by atoms with Crippen molar-refractivity contribution in [3.63, 3.8) is 0 Å². The van der Waals surface area contributed by atoms with Gasteiger partial charge in [-0.15, -0.1) is 0 Å². The van der Waals surface area contributed by atoms with Gasteiger partial charge in [-0.05, 0) is 18.8 Å². The first-order valence-electron chi connectivity index (χ1n) is 7.32. The first-order chi connectivity index (χ1) is 10.3. The maximum Gasteiger partial charge on any atom is 0.213 e. The molecule has 0 bridgehead atoms. The fourth-order valence-electron chi connectivity index (χ4n) is 2.34. The molecule has 0 radical (unpaired) electrons. The average Bonchev–Trinajstić information content (AvgIpc) is 2.56. The lowest BCUT2D eigenvalue weighted by atomic mass is 10.1. The maximum absolute atomic E-state index is 8.45. The molecule has 1 N–H and O–H groups in total. The van der Waals surface area contributed by atoms with E-state index in [1.54, 1.807) is 0 Å². The van der Waals surface area contributed by atoms with Crippen LogP contribution in [0.25, 0.3) is 0 Å². The number of ether oxygens (including phenoxy) is 1. The molecule has 1 heterocycles. The molecule has 1 saturated heterocycles. The van der Waals surface area contributed by atoms with Gasteiger partial charge < -0.3 is 9.85 Å². The predicted octanol–water partition coefficient (Wildman–Crippen LogP) is 3.23. The summed E-state index contributed by atoms with van der Waals surface area (Å²) in [6.07, 6.45) is -0.847. The largest absolute Gasteiger partial charge is 0.368 e. The van der Waals surface area contributed by atoms with Crippen LogP contribution in [-0.4, -0.2) is 19.2 Å². The van der Waals surface area contributed by atoms with Gasteiger partial charge in [0.1, 0.15) is 0 Å². The number of hydrogen-bond donors (Lipinski definition) is 1. The molecular formula is C16H17O2P. The smallest absolute Gasteiger partial charge is 0.213 e.